The van der Waals surface area contributed by atoms with E-state index in [9.17, 15) is 0 Å². The van der Waals surface area contributed by atoms with Gasteiger partial charge >= 0.3 is 0 Å². The van der Waals surface area contributed by atoms with Crippen molar-refractivity contribution in [3.8, 4) is 5.75 Å². The Labute approximate surface area is 177 Å². The third-order valence-corrected chi connectivity index (χ3v) is 6.48. The Kier molecular flexibility index (Phi) is 5.32. The van der Waals surface area contributed by atoms with Crippen molar-refractivity contribution in [2.45, 2.75) is 44.5 Å². The molecule has 2 aromatic rings. The topological polar surface area (TPSA) is 85.3 Å². The standard InChI is InChI=1S/C22H30N6O2/c1-13-4-7-21-18(25-13)6-5-17-15-10-19(23-12-20(15)27-26-17)16-11-24-28(3)22(16)14(2)29-8-9-30-21/h4-7,11,14-15,17,19-20,23,26-27H,8-10,12H2,1-3H3/b6-5+. The van der Waals surface area contributed by atoms with Crippen molar-refractivity contribution in [3.05, 3.63) is 47.1 Å². The molecule has 8 heteroatoms. The van der Waals surface area contributed by atoms with Gasteiger partial charge in [0.15, 0.2) is 0 Å². The molecule has 160 valence electrons. The van der Waals surface area contributed by atoms with Crippen molar-refractivity contribution in [2.75, 3.05) is 19.8 Å². The first kappa shape index (κ1) is 19.7. The van der Waals surface area contributed by atoms with E-state index in [-0.39, 0.29) is 18.2 Å². The Morgan fingerprint density at radius 3 is 3.00 bits per heavy atom. The average Bonchev–Trinajstić information content (AvgIpc) is 3.32. The second-order valence-electron chi connectivity index (χ2n) is 8.45. The molecule has 2 bridgehead atoms. The monoisotopic (exact) mass is 410 g/mol. The van der Waals surface area contributed by atoms with Gasteiger partial charge in [-0.15, -0.1) is 0 Å². The summed E-state index contributed by atoms with van der Waals surface area (Å²) in [7, 11) is 1.99. The lowest BCUT2D eigenvalue weighted by Crippen LogP contribution is -2.46. The van der Waals surface area contributed by atoms with E-state index in [2.05, 4.69) is 40.3 Å². The van der Waals surface area contributed by atoms with Gasteiger partial charge in [0.25, 0.3) is 0 Å². The number of hydrogen-bond acceptors (Lipinski definition) is 7. The minimum atomic E-state index is -0.0647. The summed E-state index contributed by atoms with van der Waals surface area (Å²) in [5.41, 5.74) is 11.1. The number of aromatic nitrogens is 3. The van der Waals surface area contributed by atoms with Crippen LogP contribution in [0.25, 0.3) is 6.08 Å². The highest BCUT2D eigenvalue weighted by molar-refractivity contribution is 5.54. The summed E-state index contributed by atoms with van der Waals surface area (Å²) in [6.45, 7) is 5.97. The molecule has 30 heavy (non-hydrogen) atoms. The number of aryl methyl sites for hydroxylation is 2. The van der Waals surface area contributed by atoms with E-state index in [1.807, 2.05) is 37.0 Å². The molecule has 5 rings (SSSR count). The van der Waals surface area contributed by atoms with E-state index in [0.29, 0.717) is 25.2 Å². The fourth-order valence-electron chi connectivity index (χ4n) is 4.92. The summed E-state index contributed by atoms with van der Waals surface area (Å²) in [6, 6.07) is 4.85. The lowest BCUT2D eigenvalue weighted by molar-refractivity contribution is 0.0383. The second-order valence-corrected chi connectivity index (χ2v) is 8.45. The highest BCUT2D eigenvalue weighted by Crippen LogP contribution is 2.36. The van der Waals surface area contributed by atoms with Gasteiger partial charge in [-0.3, -0.25) is 15.5 Å². The molecule has 0 amide bonds. The fraction of sp³-hybridized carbons (Fsp3) is 0.545. The molecule has 3 aliphatic rings. The quantitative estimate of drug-likeness (QED) is 0.611. The van der Waals surface area contributed by atoms with Gasteiger partial charge in [0.05, 0.1) is 24.6 Å². The van der Waals surface area contributed by atoms with E-state index in [4.69, 9.17) is 14.5 Å². The Balaban J connectivity index is 1.50. The predicted octanol–water partition coefficient (Wildman–Crippen LogP) is 1.80. The van der Waals surface area contributed by atoms with Crippen molar-refractivity contribution in [2.24, 2.45) is 13.0 Å². The van der Waals surface area contributed by atoms with Crippen LogP contribution in [-0.2, 0) is 11.8 Å². The summed E-state index contributed by atoms with van der Waals surface area (Å²) in [4.78, 5) is 4.69. The van der Waals surface area contributed by atoms with Crippen LogP contribution in [0.5, 0.6) is 5.75 Å². The van der Waals surface area contributed by atoms with Crippen LogP contribution in [0.4, 0.5) is 0 Å². The van der Waals surface area contributed by atoms with Crippen molar-refractivity contribution in [1.82, 2.24) is 30.9 Å². The smallest absolute Gasteiger partial charge is 0.145 e. The van der Waals surface area contributed by atoms with Gasteiger partial charge in [0.1, 0.15) is 18.1 Å². The largest absolute Gasteiger partial charge is 0.489 e. The minimum Gasteiger partial charge on any atom is -0.489 e. The van der Waals surface area contributed by atoms with E-state index in [1.165, 1.54) is 5.56 Å². The number of rotatable bonds is 0. The van der Waals surface area contributed by atoms with Gasteiger partial charge in [-0.05, 0) is 44.4 Å². The van der Waals surface area contributed by atoms with Crippen LogP contribution in [0.3, 0.4) is 0 Å². The van der Waals surface area contributed by atoms with Crippen LogP contribution >= 0.6 is 0 Å². The summed E-state index contributed by atoms with van der Waals surface area (Å²) >= 11 is 0. The maximum Gasteiger partial charge on any atom is 0.145 e. The predicted molar refractivity (Wildman–Crippen MR) is 114 cm³/mol. The third kappa shape index (κ3) is 3.65. The molecule has 0 saturated carbocycles. The zero-order valence-corrected chi connectivity index (χ0v) is 17.8. The van der Waals surface area contributed by atoms with Crippen molar-refractivity contribution in [3.63, 3.8) is 0 Å². The zero-order valence-electron chi connectivity index (χ0n) is 17.8. The average molecular weight is 411 g/mol. The summed E-state index contributed by atoms with van der Waals surface area (Å²) < 4.78 is 14.1. The lowest BCUT2D eigenvalue weighted by atomic mass is 9.82. The van der Waals surface area contributed by atoms with Crippen LogP contribution in [0.15, 0.2) is 24.4 Å². The number of nitrogens with zero attached hydrogens (tertiary/aromatic N) is 3. The highest BCUT2D eigenvalue weighted by Gasteiger charge is 2.40. The van der Waals surface area contributed by atoms with Crippen LogP contribution in [-0.4, -0.2) is 46.6 Å². The molecule has 5 heterocycles. The van der Waals surface area contributed by atoms with Crippen molar-refractivity contribution >= 4 is 6.08 Å². The van der Waals surface area contributed by atoms with E-state index < -0.39 is 0 Å². The fourth-order valence-corrected chi connectivity index (χ4v) is 4.92. The van der Waals surface area contributed by atoms with Gasteiger partial charge in [0.2, 0.25) is 0 Å². The number of ether oxygens (including phenoxy) is 2. The van der Waals surface area contributed by atoms with E-state index in [0.717, 1.165) is 35.8 Å². The number of pyridine rings is 1. The molecule has 0 aliphatic carbocycles. The molecular formula is C22H30N6O2. The molecule has 3 N–H and O–H groups in total. The van der Waals surface area contributed by atoms with E-state index >= 15 is 0 Å². The van der Waals surface area contributed by atoms with Crippen molar-refractivity contribution < 1.29 is 9.47 Å². The molecule has 5 unspecified atom stereocenters. The maximum absolute atomic E-state index is 6.14. The molecule has 5 atom stereocenters. The SMILES string of the molecule is Cc1ccc2c(n1)/C=C/C1NNC3CNC(CC13)c1cnn(C)c1C(C)OCCO2. The molecule has 0 radical (unpaired) electrons. The summed E-state index contributed by atoms with van der Waals surface area (Å²) in [6.07, 6.45) is 7.25. The summed E-state index contributed by atoms with van der Waals surface area (Å²) in [5, 5.41) is 8.25. The van der Waals surface area contributed by atoms with Crippen LogP contribution in [0.1, 0.15) is 48.1 Å². The summed E-state index contributed by atoms with van der Waals surface area (Å²) in [5.74, 6) is 1.26. The molecule has 8 nitrogen and oxygen atoms in total. The molecule has 0 spiro atoms. The first-order chi connectivity index (χ1) is 14.6. The van der Waals surface area contributed by atoms with Gasteiger partial charge in [-0.25, -0.2) is 4.98 Å². The van der Waals surface area contributed by atoms with Crippen LogP contribution in [0, 0.1) is 12.8 Å². The number of hydrogen-bond donors (Lipinski definition) is 3. The number of hydrazine groups is 1. The molecule has 0 aromatic carbocycles. The Bertz CT molecular complexity index is 942. The number of nitrogens with one attached hydrogen (secondary N) is 3. The minimum absolute atomic E-state index is 0.0647. The van der Waals surface area contributed by atoms with Gasteiger partial charge in [-0.2, -0.15) is 5.10 Å². The molecular weight excluding hydrogens is 380 g/mol. The molecule has 2 fully saturated rings. The Morgan fingerprint density at radius 2 is 2.10 bits per heavy atom. The first-order valence-corrected chi connectivity index (χ1v) is 10.8. The normalized spacial score (nSPS) is 32.3. The Hall–Kier alpha value is -2.26. The Morgan fingerprint density at radius 1 is 1.20 bits per heavy atom. The molecule has 3 aliphatic heterocycles. The van der Waals surface area contributed by atoms with E-state index in [1.54, 1.807) is 0 Å². The third-order valence-electron chi connectivity index (χ3n) is 6.48. The lowest BCUT2D eigenvalue weighted by Gasteiger charge is -2.34. The highest BCUT2D eigenvalue weighted by atomic mass is 16.5. The first-order valence-electron chi connectivity index (χ1n) is 10.8. The molecule has 2 aromatic heterocycles. The maximum atomic E-state index is 6.14. The zero-order chi connectivity index (χ0) is 20.7. The molecule has 2 saturated heterocycles. The second kappa shape index (κ2) is 8.11. The van der Waals surface area contributed by atoms with Crippen LogP contribution < -0.4 is 20.9 Å². The van der Waals surface area contributed by atoms with Crippen molar-refractivity contribution in [1.29, 1.82) is 0 Å². The van der Waals surface area contributed by atoms with Gasteiger partial charge in [-0.1, -0.05) is 6.08 Å². The van der Waals surface area contributed by atoms with Gasteiger partial charge in [0, 0.05) is 43.0 Å². The van der Waals surface area contributed by atoms with Gasteiger partial charge < -0.3 is 14.8 Å². The number of piperidine rings is 1. The van der Waals surface area contributed by atoms with Crippen LogP contribution in [0.2, 0.25) is 0 Å². The number of fused-ring (bicyclic) bond motifs is 4.